The van der Waals surface area contributed by atoms with E-state index in [4.69, 9.17) is 4.52 Å². The Morgan fingerprint density at radius 1 is 1.17 bits per heavy atom. The Labute approximate surface area is 107 Å². The maximum Gasteiger partial charge on any atom is 0.231 e. The fraction of sp³-hybridized carbons (Fsp3) is 0.429. The van der Waals surface area contributed by atoms with E-state index in [1.165, 1.54) is 5.56 Å². The van der Waals surface area contributed by atoms with Crippen molar-refractivity contribution in [3.8, 4) is 11.4 Å². The summed E-state index contributed by atoms with van der Waals surface area (Å²) in [5.41, 5.74) is 2.21. The van der Waals surface area contributed by atoms with E-state index in [2.05, 4.69) is 36.2 Å². The molecule has 0 saturated heterocycles. The van der Waals surface area contributed by atoms with Crippen molar-refractivity contribution >= 4 is 0 Å². The van der Waals surface area contributed by atoms with Crippen LogP contribution < -0.4 is 5.32 Å². The van der Waals surface area contributed by atoms with Crippen molar-refractivity contribution < 1.29 is 4.52 Å². The molecule has 0 aliphatic carbocycles. The molecule has 0 aliphatic heterocycles. The largest absolute Gasteiger partial charge is 0.339 e. The second-order valence-corrected chi connectivity index (χ2v) is 4.69. The maximum atomic E-state index is 5.33. The minimum Gasteiger partial charge on any atom is -0.339 e. The predicted octanol–water partition coefficient (Wildman–Crippen LogP) is 2.76. The zero-order valence-electron chi connectivity index (χ0n) is 11.3. The van der Waals surface area contributed by atoms with Crippen LogP contribution in [0.3, 0.4) is 0 Å². The first-order valence-corrected chi connectivity index (χ1v) is 6.19. The zero-order chi connectivity index (χ0) is 13.1. The fourth-order valence-corrected chi connectivity index (χ4v) is 1.70. The summed E-state index contributed by atoms with van der Waals surface area (Å²) in [7, 11) is 1.93. The molecule has 2 unspecified atom stereocenters. The number of nitrogens with one attached hydrogen (secondary N) is 1. The Hall–Kier alpha value is -1.68. The van der Waals surface area contributed by atoms with Gasteiger partial charge in [-0.25, -0.2) is 0 Å². The van der Waals surface area contributed by atoms with Gasteiger partial charge in [0, 0.05) is 11.6 Å². The molecule has 2 rings (SSSR count). The van der Waals surface area contributed by atoms with Crippen LogP contribution in [0.25, 0.3) is 11.4 Å². The van der Waals surface area contributed by atoms with Gasteiger partial charge in [0.1, 0.15) is 0 Å². The smallest absolute Gasteiger partial charge is 0.231 e. The lowest BCUT2D eigenvalue weighted by molar-refractivity contribution is 0.336. The quantitative estimate of drug-likeness (QED) is 0.899. The highest BCUT2D eigenvalue weighted by Gasteiger charge is 2.19. The number of aryl methyl sites for hydroxylation is 1. The maximum absolute atomic E-state index is 5.33. The van der Waals surface area contributed by atoms with Crippen molar-refractivity contribution in [2.45, 2.75) is 32.7 Å². The van der Waals surface area contributed by atoms with E-state index in [9.17, 15) is 0 Å². The highest BCUT2D eigenvalue weighted by atomic mass is 16.5. The predicted molar refractivity (Wildman–Crippen MR) is 71.4 cm³/mol. The molecule has 1 aromatic carbocycles. The molecule has 2 atom stereocenters. The molecule has 4 nitrogen and oxygen atoms in total. The van der Waals surface area contributed by atoms with Gasteiger partial charge in [0.15, 0.2) is 0 Å². The molecule has 0 aliphatic rings. The van der Waals surface area contributed by atoms with Gasteiger partial charge in [-0.1, -0.05) is 41.9 Å². The first kappa shape index (κ1) is 12.8. The van der Waals surface area contributed by atoms with Crippen LogP contribution in [-0.4, -0.2) is 23.2 Å². The van der Waals surface area contributed by atoms with Gasteiger partial charge in [0.05, 0.1) is 5.92 Å². The average Bonchev–Trinajstić information content (AvgIpc) is 2.87. The molecule has 1 aromatic heterocycles. The van der Waals surface area contributed by atoms with Crippen molar-refractivity contribution in [1.82, 2.24) is 15.5 Å². The molecule has 1 heterocycles. The van der Waals surface area contributed by atoms with Crippen LogP contribution in [0, 0.1) is 6.92 Å². The molecular formula is C14H19N3O. The van der Waals surface area contributed by atoms with Gasteiger partial charge in [0.2, 0.25) is 11.7 Å². The van der Waals surface area contributed by atoms with Crippen LogP contribution in [0.4, 0.5) is 0 Å². The average molecular weight is 245 g/mol. The molecular weight excluding hydrogens is 226 g/mol. The van der Waals surface area contributed by atoms with E-state index in [-0.39, 0.29) is 5.92 Å². The number of rotatable bonds is 4. The third-order valence-corrected chi connectivity index (χ3v) is 3.35. The minimum absolute atomic E-state index is 0.196. The summed E-state index contributed by atoms with van der Waals surface area (Å²) >= 11 is 0. The minimum atomic E-state index is 0.196. The van der Waals surface area contributed by atoms with Crippen LogP contribution in [-0.2, 0) is 0 Å². The van der Waals surface area contributed by atoms with Gasteiger partial charge in [-0.2, -0.15) is 4.98 Å². The highest BCUT2D eigenvalue weighted by molar-refractivity contribution is 5.54. The third kappa shape index (κ3) is 2.59. The summed E-state index contributed by atoms with van der Waals surface area (Å²) in [5, 5.41) is 7.23. The highest BCUT2D eigenvalue weighted by Crippen LogP contribution is 2.21. The SMILES string of the molecule is CNC(C)C(C)c1nc(-c2ccc(C)cc2)no1. The van der Waals surface area contributed by atoms with Crippen molar-refractivity contribution in [2.75, 3.05) is 7.05 Å². The molecule has 0 spiro atoms. The summed E-state index contributed by atoms with van der Waals surface area (Å²) in [4.78, 5) is 4.46. The van der Waals surface area contributed by atoms with Crippen LogP contribution in [0.2, 0.25) is 0 Å². The lowest BCUT2D eigenvalue weighted by atomic mass is 10.0. The van der Waals surface area contributed by atoms with Gasteiger partial charge in [-0.3, -0.25) is 0 Å². The number of hydrogen-bond acceptors (Lipinski definition) is 4. The monoisotopic (exact) mass is 245 g/mol. The molecule has 4 heteroatoms. The lowest BCUT2D eigenvalue weighted by Crippen LogP contribution is -2.27. The van der Waals surface area contributed by atoms with Gasteiger partial charge in [-0.05, 0) is 20.9 Å². The van der Waals surface area contributed by atoms with E-state index < -0.39 is 0 Å². The Morgan fingerprint density at radius 2 is 1.83 bits per heavy atom. The third-order valence-electron chi connectivity index (χ3n) is 3.35. The molecule has 96 valence electrons. The molecule has 0 bridgehead atoms. The number of aromatic nitrogens is 2. The molecule has 0 fully saturated rings. The Kier molecular flexibility index (Phi) is 3.77. The fourth-order valence-electron chi connectivity index (χ4n) is 1.70. The Bertz CT molecular complexity index is 504. The van der Waals surface area contributed by atoms with E-state index in [0.717, 1.165) is 5.56 Å². The summed E-state index contributed by atoms with van der Waals surface area (Å²) < 4.78 is 5.33. The van der Waals surface area contributed by atoms with Gasteiger partial charge >= 0.3 is 0 Å². The second-order valence-electron chi connectivity index (χ2n) is 4.69. The first-order chi connectivity index (χ1) is 8.61. The lowest BCUT2D eigenvalue weighted by Gasteiger charge is -2.14. The molecule has 0 radical (unpaired) electrons. The summed E-state index contributed by atoms with van der Waals surface area (Å²) in [6.07, 6.45) is 0. The van der Waals surface area contributed by atoms with Crippen LogP contribution in [0.1, 0.15) is 31.2 Å². The Morgan fingerprint density at radius 3 is 2.44 bits per heavy atom. The van der Waals surface area contributed by atoms with Gasteiger partial charge in [0.25, 0.3) is 0 Å². The number of hydrogen-bond donors (Lipinski definition) is 1. The Balaban J connectivity index is 2.22. The second kappa shape index (κ2) is 5.31. The summed E-state index contributed by atoms with van der Waals surface area (Å²) in [5.74, 6) is 1.52. The van der Waals surface area contributed by atoms with Crippen molar-refractivity contribution in [2.24, 2.45) is 0 Å². The van der Waals surface area contributed by atoms with E-state index >= 15 is 0 Å². The standard InChI is InChI=1S/C14H19N3O/c1-9-5-7-12(8-6-9)13-16-14(18-17-13)10(2)11(3)15-4/h5-8,10-11,15H,1-4H3. The van der Waals surface area contributed by atoms with Gasteiger partial charge < -0.3 is 9.84 Å². The topological polar surface area (TPSA) is 51.0 Å². The number of benzene rings is 1. The van der Waals surface area contributed by atoms with E-state index in [0.29, 0.717) is 17.8 Å². The van der Waals surface area contributed by atoms with Gasteiger partial charge in [-0.15, -0.1) is 0 Å². The molecule has 18 heavy (non-hydrogen) atoms. The van der Waals surface area contributed by atoms with Crippen molar-refractivity contribution in [3.63, 3.8) is 0 Å². The summed E-state index contributed by atoms with van der Waals surface area (Å²) in [6.45, 7) is 6.23. The number of likely N-dealkylation sites (N-methyl/N-ethyl adjacent to an activating group) is 1. The molecule has 1 N–H and O–H groups in total. The van der Waals surface area contributed by atoms with Crippen molar-refractivity contribution in [1.29, 1.82) is 0 Å². The van der Waals surface area contributed by atoms with Crippen LogP contribution in [0.5, 0.6) is 0 Å². The molecule has 0 amide bonds. The molecule has 0 saturated carbocycles. The molecule has 2 aromatic rings. The van der Waals surface area contributed by atoms with E-state index in [1.54, 1.807) is 0 Å². The van der Waals surface area contributed by atoms with Crippen molar-refractivity contribution in [3.05, 3.63) is 35.7 Å². The first-order valence-electron chi connectivity index (χ1n) is 6.19. The van der Waals surface area contributed by atoms with Crippen LogP contribution >= 0.6 is 0 Å². The number of nitrogens with zero attached hydrogens (tertiary/aromatic N) is 2. The van der Waals surface area contributed by atoms with Crippen LogP contribution in [0.15, 0.2) is 28.8 Å². The summed E-state index contributed by atoms with van der Waals surface area (Å²) in [6, 6.07) is 8.42. The normalized spacial score (nSPS) is 14.4. The zero-order valence-corrected chi connectivity index (χ0v) is 11.3. The van der Waals surface area contributed by atoms with E-state index in [1.807, 2.05) is 31.3 Å².